The van der Waals surface area contributed by atoms with E-state index in [4.69, 9.17) is 11.2 Å². The number of nitrogens with one attached hydrogen (secondary N) is 2. The van der Waals surface area contributed by atoms with Crippen molar-refractivity contribution in [2.45, 2.75) is 6.61 Å². The summed E-state index contributed by atoms with van der Waals surface area (Å²) in [4.78, 5) is 11.7. The molecule has 0 aliphatic heterocycles. The van der Waals surface area contributed by atoms with Gasteiger partial charge in [0, 0.05) is 22.8 Å². The fourth-order valence-corrected chi connectivity index (χ4v) is 1.89. The Kier molecular flexibility index (Phi) is 6.44. The van der Waals surface area contributed by atoms with Crippen LogP contribution in [0, 0.1) is 12.3 Å². The topological polar surface area (TPSA) is 50.4 Å². The molecule has 0 aliphatic rings. The van der Waals surface area contributed by atoms with Crippen LogP contribution in [-0.2, 0) is 16.1 Å². The summed E-state index contributed by atoms with van der Waals surface area (Å²) in [5.41, 5.74) is 1.64. The van der Waals surface area contributed by atoms with E-state index in [2.05, 4.69) is 32.5 Å². The molecule has 0 bridgehead atoms. The zero-order chi connectivity index (χ0) is 13.4. The Morgan fingerprint density at radius 2 is 2.33 bits per heavy atom. The lowest BCUT2D eigenvalue weighted by Gasteiger charge is -2.12. The number of hydrogen-bond acceptors (Lipinski definition) is 3. The first-order valence-electron chi connectivity index (χ1n) is 5.39. The normalized spacial score (nSPS) is 9.83. The van der Waals surface area contributed by atoms with Crippen molar-refractivity contribution in [1.29, 1.82) is 0 Å². The second-order valence-electron chi connectivity index (χ2n) is 3.55. The fraction of sp³-hybridized carbons (Fsp3) is 0.308. The molecule has 0 atom stereocenters. The van der Waals surface area contributed by atoms with Gasteiger partial charge in [0.1, 0.15) is 0 Å². The highest BCUT2D eigenvalue weighted by Gasteiger charge is 2.09. The minimum atomic E-state index is -0.138. The predicted octanol–water partition coefficient (Wildman–Crippen LogP) is 1.76. The standard InChI is InChI=1S/C13H15BrN2O2/c1-3-7-15-8-13(17)16-12-6-4-5-11(14)10(12)9-18-2/h1,4-6,15H,7-9H2,2H3,(H,16,17). The first-order chi connectivity index (χ1) is 8.69. The van der Waals surface area contributed by atoms with Gasteiger partial charge in [0.25, 0.3) is 0 Å². The van der Waals surface area contributed by atoms with E-state index < -0.39 is 0 Å². The third kappa shape index (κ3) is 4.49. The Labute approximate surface area is 115 Å². The summed E-state index contributed by atoms with van der Waals surface area (Å²) < 4.78 is 6.01. The van der Waals surface area contributed by atoms with Crippen LogP contribution in [0.2, 0.25) is 0 Å². The minimum absolute atomic E-state index is 0.138. The van der Waals surface area contributed by atoms with E-state index in [-0.39, 0.29) is 12.5 Å². The van der Waals surface area contributed by atoms with Gasteiger partial charge in [-0.25, -0.2) is 0 Å². The van der Waals surface area contributed by atoms with Gasteiger partial charge in [-0.15, -0.1) is 6.42 Å². The van der Waals surface area contributed by atoms with Gasteiger partial charge in [0.05, 0.1) is 19.7 Å². The second-order valence-corrected chi connectivity index (χ2v) is 4.41. The molecule has 1 aromatic carbocycles. The first kappa shape index (κ1) is 14.7. The number of ether oxygens (including phenoxy) is 1. The Balaban J connectivity index is 2.69. The van der Waals surface area contributed by atoms with Crippen LogP contribution in [0.5, 0.6) is 0 Å². The number of benzene rings is 1. The number of rotatable bonds is 6. The third-order valence-corrected chi connectivity index (χ3v) is 2.94. The largest absolute Gasteiger partial charge is 0.380 e. The molecule has 0 spiro atoms. The summed E-state index contributed by atoms with van der Waals surface area (Å²) in [6.07, 6.45) is 5.08. The van der Waals surface area contributed by atoms with Crippen LogP contribution in [0.4, 0.5) is 5.69 Å². The fourth-order valence-electron chi connectivity index (χ4n) is 1.41. The maximum atomic E-state index is 11.7. The molecular weight excluding hydrogens is 296 g/mol. The van der Waals surface area contributed by atoms with E-state index in [9.17, 15) is 4.79 Å². The van der Waals surface area contributed by atoms with Crippen molar-refractivity contribution in [2.24, 2.45) is 0 Å². The minimum Gasteiger partial charge on any atom is -0.380 e. The Morgan fingerprint density at radius 3 is 3.00 bits per heavy atom. The van der Waals surface area contributed by atoms with Crippen molar-refractivity contribution in [3.63, 3.8) is 0 Å². The zero-order valence-corrected chi connectivity index (χ0v) is 11.7. The van der Waals surface area contributed by atoms with Crippen LogP contribution in [0.15, 0.2) is 22.7 Å². The SMILES string of the molecule is C#CCNCC(=O)Nc1cccc(Br)c1COC. The van der Waals surface area contributed by atoms with Crippen LogP contribution < -0.4 is 10.6 Å². The van der Waals surface area contributed by atoms with Crippen LogP contribution in [-0.4, -0.2) is 26.1 Å². The number of hydrogen-bond donors (Lipinski definition) is 2. The van der Waals surface area contributed by atoms with E-state index in [1.165, 1.54) is 0 Å². The highest BCUT2D eigenvalue weighted by atomic mass is 79.9. The second kappa shape index (κ2) is 7.88. The van der Waals surface area contributed by atoms with Gasteiger partial charge in [-0.3, -0.25) is 10.1 Å². The van der Waals surface area contributed by atoms with Crippen molar-refractivity contribution in [2.75, 3.05) is 25.5 Å². The summed E-state index contributed by atoms with van der Waals surface area (Å²) in [5.74, 6) is 2.27. The number of carbonyl (C=O) groups excluding carboxylic acids is 1. The molecule has 0 unspecified atom stereocenters. The third-order valence-electron chi connectivity index (χ3n) is 2.19. The average Bonchev–Trinajstić information content (AvgIpc) is 2.34. The highest BCUT2D eigenvalue weighted by molar-refractivity contribution is 9.10. The van der Waals surface area contributed by atoms with Gasteiger partial charge in [0.15, 0.2) is 0 Å². The molecule has 2 N–H and O–H groups in total. The van der Waals surface area contributed by atoms with Crippen LogP contribution in [0.1, 0.15) is 5.56 Å². The van der Waals surface area contributed by atoms with E-state index in [1.54, 1.807) is 7.11 Å². The Morgan fingerprint density at radius 1 is 1.56 bits per heavy atom. The summed E-state index contributed by atoms with van der Waals surface area (Å²) in [5, 5.41) is 5.65. The van der Waals surface area contributed by atoms with Crippen LogP contribution >= 0.6 is 15.9 Å². The molecule has 0 fully saturated rings. The van der Waals surface area contributed by atoms with E-state index in [0.717, 1.165) is 15.7 Å². The first-order valence-corrected chi connectivity index (χ1v) is 6.18. The molecular formula is C13H15BrN2O2. The van der Waals surface area contributed by atoms with Gasteiger partial charge >= 0.3 is 0 Å². The quantitative estimate of drug-likeness (QED) is 0.622. The number of terminal acetylenes is 1. The van der Waals surface area contributed by atoms with Gasteiger partial charge in [0.2, 0.25) is 5.91 Å². The van der Waals surface area contributed by atoms with E-state index in [0.29, 0.717) is 13.2 Å². The van der Waals surface area contributed by atoms with Gasteiger partial charge in [-0.1, -0.05) is 27.9 Å². The summed E-state index contributed by atoms with van der Waals surface area (Å²) in [6.45, 7) is 0.981. The van der Waals surface area contributed by atoms with Gasteiger partial charge in [-0.05, 0) is 12.1 Å². The molecule has 5 heteroatoms. The van der Waals surface area contributed by atoms with Crippen molar-refractivity contribution in [3.05, 3.63) is 28.2 Å². The van der Waals surface area contributed by atoms with Crippen molar-refractivity contribution < 1.29 is 9.53 Å². The lowest BCUT2D eigenvalue weighted by atomic mass is 10.2. The van der Waals surface area contributed by atoms with Crippen molar-refractivity contribution >= 4 is 27.5 Å². The van der Waals surface area contributed by atoms with E-state index in [1.807, 2.05) is 18.2 Å². The predicted molar refractivity (Wildman–Crippen MR) is 75.2 cm³/mol. The highest BCUT2D eigenvalue weighted by Crippen LogP contribution is 2.25. The maximum absolute atomic E-state index is 11.7. The molecule has 4 nitrogen and oxygen atoms in total. The van der Waals surface area contributed by atoms with E-state index >= 15 is 0 Å². The molecule has 0 aliphatic carbocycles. The Bertz CT molecular complexity index is 455. The molecule has 0 heterocycles. The molecule has 96 valence electrons. The summed E-state index contributed by atoms with van der Waals surface area (Å²) >= 11 is 3.43. The lowest BCUT2D eigenvalue weighted by molar-refractivity contribution is -0.115. The zero-order valence-electron chi connectivity index (χ0n) is 10.1. The average molecular weight is 311 g/mol. The van der Waals surface area contributed by atoms with Crippen LogP contribution in [0.25, 0.3) is 0 Å². The lowest BCUT2D eigenvalue weighted by Crippen LogP contribution is -2.28. The Hall–Kier alpha value is -1.35. The number of halogens is 1. The molecule has 18 heavy (non-hydrogen) atoms. The molecule has 0 saturated carbocycles. The van der Waals surface area contributed by atoms with Gasteiger partial charge in [-0.2, -0.15) is 0 Å². The number of amides is 1. The monoisotopic (exact) mass is 310 g/mol. The maximum Gasteiger partial charge on any atom is 0.238 e. The molecule has 1 amide bonds. The smallest absolute Gasteiger partial charge is 0.238 e. The van der Waals surface area contributed by atoms with Crippen molar-refractivity contribution in [3.8, 4) is 12.3 Å². The number of anilines is 1. The molecule has 1 rings (SSSR count). The van der Waals surface area contributed by atoms with Gasteiger partial charge < -0.3 is 10.1 Å². The van der Waals surface area contributed by atoms with Crippen LogP contribution in [0.3, 0.4) is 0 Å². The number of carbonyl (C=O) groups is 1. The summed E-state index contributed by atoms with van der Waals surface area (Å²) in [6, 6.07) is 5.59. The molecule has 0 radical (unpaired) electrons. The molecule has 1 aromatic rings. The van der Waals surface area contributed by atoms with Crippen molar-refractivity contribution in [1.82, 2.24) is 5.32 Å². The number of methoxy groups -OCH3 is 1. The molecule has 0 aromatic heterocycles. The molecule has 0 saturated heterocycles. The summed E-state index contributed by atoms with van der Waals surface area (Å²) in [7, 11) is 1.61.